The summed E-state index contributed by atoms with van der Waals surface area (Å²) in [5.74, 6) is -0.612. The van der Waals surface area contributed by atoms with Crippen molar-refractivity contribution in [1.82, 2.24) is 5.32 Å². The van der Waals surface area contributed by atoms with Crippen LogP contribution in [0.3, 0.4) is 0 Å². The Bertz CT molecular complexity index is 778. The minimum Gasteiger partial charge on any atom is -0.394 e. The molecule has 4 unspecified atom stereocenters. The number of carbonyl (C=O) groups excluding carboxylic acids is 1. The van der Waals surface area contributed by atoms with E-state index in [1.165, 1.54) is 77.0 Å². The molecule has 46 heavy (non-hydrogen) atoms. The minimum atomic E-state index is -1.29. The highest BCUT2D eigenvalue weighted by Crippen LogP contribution is 2.13. The van der Waals surface area contributed by atoms with E-state index in [0.29, 0.717) is 19.3 Å². The van der Waals surface area contributed by atoms with Gasteiger partial charge in [-0.05, 0) is 77.6 Å². The van der Waals surface area contributed by atoms with Crippen molar-refractivity contribution >= 4 is 5.91 Å². The van der Waals surface area contributed by atoms with Gasteiger partial charge in [0.25, 0.3) is 0 Å². The summed E-state index contributed by atoms with van der Waals surface area (Å²) < 4.78 is 0. The molecule has 0 aromatic carbocycles. The van der Waals surface area contributed by atoms with E-state index in [2.05, 4.69) is 54.8 Å². The van der Waals surface area contributed by atoms with Crippen LogP contribution >= 0.6 is 0 Å². The molecular weight excluding hydrogens is 574 g/mol. The molecule has 0 spiro atoms. The van der Waals surface area contributed by atoms with Crippen molar-refractivity contribution < 1.29 is 25.2 Å². The molecule has 0 bridgehead atoms. The normalized spacial score (nSPS) is 15.0. The number of aliphatic hydroxyl groups excluding tert-OH is 4. The van der Waals surface area contributed by atoms with Crippen molar-refractivity contribution in [3.63, 3.8) is 0 Å². The molecule has 6 heteroatoms. The van der Waals surface area contributed by atoms with Gasteiger partial charge in [0.05, 0.1) is 18.8 Å². The number of hydrogen-bond donors (Lipinski definition) is 5. The van der Waals surface area contributed by atoms with Gasteiger partial charge in [-0.15, -0.1) is 0 Å². The molecule has 268 valence electrons. The molecule has 0 fully saturated rings. The van der Waals surface area contributed by atoms with Gasteiger partial charge in [-0.25, -0.2) is 0 Å². The Morgan fingerprint density at radius 1 is 0.587 bits per heavy atom. The zero-order valence-corrected chi connectivity index (χ0v) is 29.8. The van der Waals surface area contributed by atoms with Crippen LogP contribution in [0.25, 0.3) is 0 Å². The Morgan fingerprint density at radius 2 is 1.07 bits per heavy atom. The minimum absolute atomic E-state index is 0.346. The fourth-order valence-corrected chi connectivity index (χ4v) is 5.51. The van der Waals surface area contributed by atoms with Gasteiger partial charge in [-0.3, -0.25) is 4.79 Å². The van der Waals surface area contributed by atoms with E-state index in [0.717, 1.165) is 57.8 Å². The summed E-state index contributed by atoms with van der Waals surface area (Å²) in [6.07, 6.45) is 40.3. The quantitative estimate of drug-likeness (QED) is 0.0360. The molecule has 1 amide bonds. The summed E-state index contributed by atoms with van der Waals surface area (Å²) >= 11 is 0. The Balaban J connectivity index is 3.78. The first-order valence-electron chi connectivity index (χ1n) is 19.0. The molecule has 0 saturated carbocycles. The number of aliphatic hydroxyl groups is 4. The van der Waals surface area contributed by atoms with Gasteiger partial charge in [0.1, 0.15) is 12.2 Å². The van der Waals surface area contributed by atoms with Crippen LogP contribution in [0.5, 0.6) is 0 Å². The van der Waals surface area contributed by atoms with Crippen molar-refractivity contribution in [3.8, 4) is 0 Å². The SMILES string of the molecule is C/C=C/CC/C=C/CCCC(O)C(O)C(CO)NC(=O)C(O)CCCCCCCC/C=C\C/C=C\CCCCCCCCCCC. The maximum Gasteiger partial charge on any atom is 0.249 e. The van der Waals surface area contributed by atoms with Crippen LogP contribution in [0.4, 0.5) is 0 Å². The molecule has 0 aromatic rings. The number of rotatable bonds is 33. The number of unbranched alkanes of at least 4 members (excludes halogenated alkanes) is 17. The summed E-state index contributed by atoms with van der Waals surface area (Å²) in [6.45, 7) is 3.77. The lowest BCUT2D eigenvalue weighted by molar-refractivity contribution is -0.132. The monoisotopic (exact) mass is 648 g/mol. The fraction of sp³-hybridized carbons (Fsp3) is 0.775. The average Bonchev–Trinajstić information content (AvgIpc) is 3.06. The van der Waals surface area contributed by atoms with Crippen LogP contribution in [0.2, 0.25) is 0 Å². The third kappa shape index (κ3) is 28.5. The zero-order valence-electron chi connectivity index (χ0n) is 29.8. The third-order valence-corrected chi connectivity index (χ3v) is 8.58. The van der Waals surface area contributed by atoms with Crippen LogP contribution in [0, 0.1) is 0 Å². The first-order valence-corrected chi connectivity index (χ1v) is 19.0. The maximum absolute atomic E-state index is 12.4. The van der Waals surface area contributed by atoms with E-state index in [-0.39, 0.29) is 0 Å². The summed E-state index contributed by atoms with van der Waals surface area (Å²) in [5.41, 5.74) is 0. The average molecular weight is 648 g/mol. The second kappa shape index (κ2) is 34.6. The zero-order chi connectivity index (χ0) is 33.9. The molecule has 0 rings (SSSR count). The molecular formula is C40H73NO5. The highest BCUT2D eigenvalue weighted by Gasteiger charge is 2.28. The fourth-order valence-electron chi connectivity index (χ4n) is 5.51. The number of carbonyl (C=O) groups is 1. The van der Waals surface area contributed by atoms with Gasteiger partial charge in [0.2, 0.25) is 5.91 Å². The Kier molecular flexibility index (Phi) is 33.3. The molecule has 0 heterocycles. The first-order chi connectivity index (χ1) is 22.5. The van der Waals surface area contributed by atoms with Crippen molar-refractivity contribution in [3.05, 3.63) is 48.6 Å². The molecule has 0 aliphatic carbocycles. The second-order valence-corrected chi connectivity index (χ2v) is 12.9. The van der Waals surface area contributed by atoms with E-state index in [1.54, 1.807) is 0 Å². The second-order valence-electron chi connectivity index (χ2n) is 12.9. The van der Waals surface area contributed by atoms with Gasteiger partial charge >= 0.3 is 0 Å². The third-order valence-electron chi connectivity index (χ3n) is 8.58. The lowest BCUT2D eigenvalue weighted by atomic mass is 10.00. The molecule has 0 saturated heterocycles. The molecule has 4 atom stereocenters. The van der Waals surface area contributed by atoms with E-state index >= 15 is 0 Å². The summed E-state index contributed by atoms with van der Waals surface area (Å²) in [7, 11) is 0. The lowest BCUT2D eigenvalue weighted by Crippen LogP contribution is -2.53. The van der Waals surface area contributed by atoms with Gasteiger partial charge in [-0.2, -0.15) is 0 Å². The molecule has 0 aromatic heterocycles. The summed E-state index contributed by atoms with van der Waals surface area (Å²) in [4.78, 5) is 12.4. The standard InChI is InChI=1S/C40H73NO5/c1-3-5-7-9-11-13-14-15-16-17-18-19-20-21-22-23-24-25-26-28-30-32-34-38(44)40(46)41-36(35-42)39(45)37(43)33-31-29-27-12-10-8-6-4-2/h4,6,12,18-19,21-22,27,36-39,42-45H,3,5,7-11,13-17,20,23-26,28-35H2,1-2H3,(H,41,46)/b6-4+,19-18-,22-21-,27-12+. The molecule has 5 N–H and O–H groups in total. The molecule has 0 radical (unpaired) electrons. The number of amides is 1. The maximum atomic E-state index is 12.4. The molecule has 0 aliphatic rings. The van der Waals surface area contributed by atoms with Crippen LogP contribution in [-0.2, 0) is 4.79 Å². The van der Waals surface area contributed by atoms with Crippen LogP contribution < -0.4 is 5.32 Å². The van der Waals surface area contributed by atoms with E-state index in [9.17, 15) is 25.2 Å². The van der Waals surface area contributed by atoms with Gasteiger partial charge in [0.15, 0.2) is 0 Å². The predicted octanol–water partition coefficient (Wildman–Crippen LogP) is 9.17. The Labute approximate surface area is 283 Å². The molecule has 6 nitrogen and oxygen atoms in total. The first kappa shape index (κ1) is 44.3. The number of hydrogen-bond acceptors (Lipinski definition) is 5. The van der Waals surface area contributed by atoms with Crippen molar-refractivity contribution in [2.24, 2.45) is 0 Å². The predicted molar refractivity (Wildman–Crippen MR) is 196 cm³/mol. The molecule has 0 aliphatic heterocycles. The highest BCUT2D eigenvalue weighted by molar-refractivity contribution is 5.80. The number of allylic oxidation sites excluding steroid dienone is 8. The smallest absolute Gasteiger partial charge is 0.249 e. The Hall–Kier alpha value is -1.73. The van der Waals surface area contributed by atoms with Crippen LogP contribution in [-0.4, -0.2) is 57.3 Å². The highest BCUT2D eigenvalue weighted by atomic mass is 16.3. The summed E-state index contributed by atoms with van der Waals surface area (Å²) in [6, 6.07) is -1.01. The largest absolute Gasteiger partial charge is 0.394 e. The van der Waals surface area contributed by atoms with Crippen LogP contribution in [0.15, 0.2) is 48.6 Å². The van der Waals surface area contributed by atoms with Crippen molar-refractivity contribution in [2.45, 2.75) is 192 Å². The van der Waals surface area contributed by atoms with Crippen molar-refractivity contribution in [2.75, 3.05) is 6.61 Å². The van der Waals surface area contributed by atoms with Crippen molar-refractivity contribution in [1.29, 1.82) is 0 Å². The Morgan fingerprint density at radius 3 is 1.63 bits per heavy atom. The topological polar surface area (TPSA) is 110 Å². The van der Waals surface area contributed by atoms with Gasteiger partial charge in [0, 0.05) is 0 Å². The van der Waals surface area contributed by atoms with Crippen LogP contribution in [0.1, 0.15) is 168 Å². The van der Waals surface area contributed by atoms with E-state index < -0.39 is 36.9 Å². The number of nitrogens with one attached hydrogen (secondary N) is 1. The van der Waals surface area contributed by atoms with E-state index in [4.69, 9.17) is 0 Å². The van der Waals surface area contributed by atoms with E-state index in [1.807, 2.05) is 13.0 Å². The van der Waals surface area contributed by atoms with Gasteiger partial charge < -0.3 is 25.7 Å². The summed E-state index contributed by atoms with van der Waals surface area (Å²) in [5, 5.41) is 43.2. The lowest BCUT2D eigenvalue weighted by Gasteiger charge is -2.27. The van der Waals surface area contributed by atoms with Gasteiger partial charge in [-0.1, -0.05) is 139 Å².